The monoisotopic (exact) mass is 678 g/mol. The lowest BCUT2D eigenvalue weighted by Crippen LogP contribution is -2.57. The maximum absolute atomic E-state index is 14.5. The van der Waals surface area contributed by atoms with Gasteiger partial charge in [-0.15, -0.1) is 11.6 Å². The molecule has 0 saturated heterocycles. The number of unbranched alkanes of at least 4 members (excludes halogenated alkanes) is 2. The molecule has 0 spiro atoms. The predicted molar refractivity (Wildman–Crippen MR) is 183 cm³/mol. The number of nitrogens with zero attached hydrogens (tertiary/aromatic N) is 3. The first-order chi connectivity index (χ1) is 22.4. The summed E-state index contributed by atoms with van der Waals surface area (Å²) < 4.78 is 29.8. The molecule has 11 heteroatoms. The third kappa shape index (κ3) is 6.38. The molecule has 5 rings (SSSR count). The topological polar surface area (TPSA) is 115 Å². The van der Waals surface area contributed by atoms with Crippen LogP contribution in [-0.4, -0.2) is 58.5 Å². The molecule has 3 aromatic carbocycles. The summed E-state index contributed by atoms with van der Waals surface area (Å²) in [6.07, 6.45) is 8.36. The Labute approximate surface area is 281 Å². The van der Waals surface area contributed by atoms with Gasteiger partial charge in [-0.05, 0) is 42.7 Å². The van der Waals surface area contributed by atoms with Gasteiger partial charge in [0.2, 0.25) is 0 Å². The molecule has 3 atom stereocenters. The van der Waals surface area contributed by atoms with Gasteiger partial charge in [-0.1, -0.05) is 82.2 Å². The fraction of sp³-hybridized carbons (Fsp3) is 0.389. The summed E-state index contributed by atoms with van der Waals surface area (Å²) in [5.41, 5.74) is 2.40. The molecule has 0 bridgehead atoms. The Morgan fingerprint density at radius 3 is 2.38 bits per heavy atom. The lowest BCUT2D eigenvalue weighted by Gasteiger charge is -2.41. The smallest absolute Gasteiger partial charge is 0.271 e. The quantitative estimate of drug-likeness (QED) is 0.0927. The molecule has 1 aliphatic heterocycles. The van der Waals surface area contributed by atoms with Crippen molar-refractivity contribution < 1.29 is 27.4 Å². The van der Waals surface area contributed by atoms with Crippen LogP contribution in [0.4, 0.5) is 5.69 Å². The standard InChI is InChI=1S/C36H41ClN3O6S/c1-4-6-21-38(47(45,46)33-17-11-14-30-31(33)15-10-16-32(30)39(43)44)35(42)36(37)24-28(19-18-26(36)3)34(41)40(22-7-5-2)23-20-27-12-8-9-13-29(27)25-40/h8-19,24,26H,4-7,20-23,25H2,1-3H3/q+1. The Kier molecular flexibility index (Phi) is 10.1. The van der Waals surface area contributed by atoms with Crippen molar-refractivity contribution in [2.45, 2.75) is 69.2 Å². The van der Waals surface area contributed by atoms with Crippen LogP contribution in [0.25, 0.3) is 10.8 Å². The maximum Gasteiger partial charge on any atom is 0.345 e. The largest absolute Gasteiger partial charge is 0.345 e. The predicted octanol–water partition coefficient (Wildman–Crippen LogP) is 7.08. The molecule has 0 N–H and O–H groups in total. The minimum atomic E-state index is -4.53. The number of hydrogen-bond acceptors (Lipinski definition) is 6. The van der Waals surface area contributed by atoms with Gasteiger partial charge in [-0.3, -0.25) is 19.4 Å². The maximum atomic E-state index is 14.5. The molecule has 47 heavy (non-hydrogen) atoms. The number of alkyl halides is 1. The van der Waals surface area contributed by atoms with Gasteiger partial charge in [-0.25, -0.2) is 17.5 Å². The number of rotatable bonds is 11. The molecule has 248 valence electrons. The number of fused-ring (bicyclic) bond motifs is 2. The highest BCUT2D eigenvalue weighted by Crippen LogP contribution is 2.40. The number of halogens is 1. The van der Waals surface area contributed by atoms with Gasteiger partial charge in [0.25, 0.3) is 21.6 Å². The van der Waals surface area contributed by atoms with Crippen molar-refractivity contribution >= 4 is 49.9 Å². The summed E-state index contributed by atoms with van der Waals surface area (Å²) in [5.74, 6) is -1.63. The number of hydrogen-bond donors (Lipinski definition) is 0. The van der Waals surface area contributed by atoms with Crippen molar-refractivity contribution in [3.05, 3.63) is 106 Å². The average molecular weight is 679 g/mol. The molecule has 0 radical (unpaired) electrons. The summed E-state index contributed by atoms with van der Waals surface area (Å²) in [5, 5.41) is 12.0. The number of sulfonamides is 1. The average Bonchev–Trinajstić information content (AvgIpc) is 3.07. The zero-order valence-electron chi connectivity index (χ0n) is 27.0. The lowest BCUT2D eigenvalue weighted by molar-refractivity contribution is -0.868. The Bertz CT molecular complexity index is 1890. The summed E-state index contributed by atoms with van der Waals surface area (Å²) in [6, 6.07) is 16.6. The molecule has 2 amide bonds. The van der Waals surface area contributed by atoms with Crippen LogP contribution in [0.3, 0.4) is 0 Å². The van der Waals surface area contributed by atoms with Crippen LogP contribution in [0.5, 0.6) is 0 Å². The van der Waals surface area contributed by atoms with E-state index in [1.54, 1.807) is 19.1 Å². The minimum absolute atomic E-state index is 0.135. The Morgan fingerprint density at radius 2 is 1.68 bits per heavy atom. The number of nitro groups is 1. The van der Waals surface area contributed by atoms with Gasteiger partial charge < -0.3 is 0 Å². The number of non-ortho nitro benzene ring substituents is 1. The van der Waals surface area contributed by atoms with E-state index in [1.807, 2.05) is 19.1 Å². The molecule has 1 aliphatic carbocycles. The van der Waals surface area contributed by atoms with E-state index in [2.05, 4.69) is 19.1 Å². The Hall–Kier alpha value is -3.86. The normalized spacial score (nSPS) is 22.4. The number of allylic oxidation sites excluding steroid dienone is 1. The van der Waals surface area contributed by atoms with Crippen LogP contribution in [0, 0.1) is 16.0 Å². The van der Waals surface area contributed by atoms with E-state index in [0.717, 1.165) is 29.1 Å². The number of carbonyl (C=O) groups is 2. The van der Waals surface area contributed by atoms with Crippen LogP contribution in [-0.2, 0) is 32.6 Å². The van der Waals surface area contributed by atoms with Gasteiger partial charge in [-0.2, -0.15) is 0 Å². The number of amides is 2. The number of benzene rings is 3. The zero-order valence-corrected chi connectivity index (χ0v) is 28.6. The van der Waals surface area contributed by atoms with Crippen LogP contribution >= 0.6 is 11.6 Å². The van der Waals surface area contributed by atoms with Crippen LogP contribution in [0.15, 0.2) is 89.4 Å². The van der Waals surface area contributed by atoms with Crippen LogP contribution in [0.1, 0.15) is 57.6 Å². The van der Waals surface area contributed by atoms with Crippen molar-refractivity contribution in [1.82, 2.24) is 4.31 Å². The fourth-order valence-corrected chi connectivity index (χ4v) is 8.70. The molecular weight excluding hydrogens is 638 g/mol. The van der Waals surface area contributed by atoms with E-state index >= 15 is 0 Å². The molecule has 0 fully saturated rings. The zero-order chi connectivity index (χ0) is 34.0. The van der Waals surface area contributed by atoms with Crippen molar-refractivity contribution in [1.29, 1.82) is 0 Å². The first-order valence-electron chi connectivity index (χ1n) is 16.2. The van der Waals surface area contributed by atoms with E-state index in [0.29, 0.717) is 32.5 Å². The lowest BCUT2D eigenvalue weighted by atomic mass is 9.84. The Balaban J connectivity index is 1.57. The molecule has 2 aliphatic rings. The van der Waals surface area contributed by atoms with Gasteiger partial charge in [0.1, 0.15) is 11.4 Å². The van der Waals surface area contributed by atoms with E-state index in [1.165, 1.54) is 48.0 Å². The van der Waals surface area contributed by atoms with E-state index in [4.69, 9.17) is 11.6 Å². The second-order valence-electron chi connectivity index (χ2n) is 12.6. The molecule has 9 nitrogen and oxygen atoms in total. The van der Waals surface area contributed by atoms with Gasteiger partial charge in [0, 0.05) is 35.9 Å². The summed E-state index contributed by atoms with van der Waals surface area (Å²) in [4.78, 5) is 38.1. The third-order valence-electron chi connectivity index (χ3n) is 9.50. The van der Waals surface area contributed by atoms with Gasteiger partial charge >= 0.3 is 5.91 Å². The van der Waals surface area contributed by atoms with Crippen molar-refractivity contribution in [3.8, 4) is 0 Å². The number of carbonyl (C=O) groups excluding carboxylic acids is 2. The number of quaternary nitrogens is 1. The summed E-state index contributed by atoms with van der Waals surface area (Å²) in [6.45, 7) is 7.33. The SMILES string of the molecule is CCCCN(C(=O)C1(Cl)C=C(C(=O)[N+]2(CCCC)CCc3ccccc3C2)C=CC1C)S(=O)(=O)c1cccc2c([N+](=O)[O-])cccc12. The van der Waals surface area contributed by atoms with Crippen LogP contribution in [0.2, 0.25) is 0 Å². The molecule has 3 unspecified atom stereocenters. The van der Waals surface area contributed by atoms with Gasteiger partial charge in [0.05, 0.1) is 33.9 Å². The van der Waals surface area contributed by atoms with Crippen molar-refractivity contribution in [3.63, 3.8) is 0 Å². The van der Waals surface area contributed by atoms with Crippen LogP contribution < -0.4 is 0 Å². The molecule has 3 aromatic rings. The molecule has 0 saturated carbocycles. The first kappa shape index (κ1) is 34.5. The Morgan fingerprint density at radius 1 is 1.00 bits per heavy atom. The second-order valence-corrected chi connectivity index (χ2v) is 15.0. The van der Waals surface area contributed by atoms with E-state index in [-0.39, 0.29) is 43.9 Å². The van der Waals surface area contributed by atoms with E-state index < -0.39 is 31.6 Å². The van der Waals surface area contributed by atoms with Crippen molar-refractivity contribution in [2.75, 3.05) is 19.6 Å². The van der Waals surface area contributed by atoms with Gasteiger partial charge in [0.15, 0.2) is 0 Å². The second kappa shape index (κ2) is 13.7. The summed E-state index contributed by atoms with van der Waals surface area (Å²) in [7, 11) is -4.53. The highest BCUT2D eigenvalue weighted by Gasteiger charge is 2.50. The number of nitro benzene ring substituents is 1. The molecular formula is C36H41ClN3O6S+. The third-order valence-corrected chi connectivity index (χ3v) is 12.0. The minimum Gasteiger partial charge on any atom is -0.271 e. The van der Waals surface area contributed by atoms with E-state index in [9.17, 15) is 28.1 Å². The first-order valence-corrected chi connectivity index (χ1v) is 18.0. The van der Waals surface area contributed by atoms with Crippen molar-refractivity contribution in [2.24, 2.45) is 5.92 Å². The molecule has 1 heterocycles. The highest BCUT2D eigenvalue weighted by atomic mass is 35.5. The summed E-state index contributed by atoms with van der Waals surface area (Å²) >= 11 is 7.21. The molecule has 0 aromatic heterocycles. The highest BCUT2D eigenvalue weighted by molar-refractivity contribution is 7.90. The fourth-order valence-electron chi connectivity index (χ4n) is 6.67.